The first kappa shape index (κ1) is 16.3. The number of fused-ring (bicyclic) bond motifs is 1. The van der Waals surface area contributed by atoms with Crippen molar-refractivity contribution >= 4 is 17.6 Å². The Morgan fingerprint density at radius 2 is 2.09 bits per heavy atom. The molecule has 1 aliphatic heterocycles. The number of ether oxygens (including phenoxy) is 1. The second kappa shape index (κ2) is 7.79. The van der Waals surface area contributed by atoms with Gasteiger partial charge in [0.15, 0.2) is 5.75 Å². The molecule has 1 aromatic carbocycles. The molecule has 0 fully saturated rings. The van der Waals surface area contributed by atoms with E-state index >= 15 is 0 Å². The number of esters is 1. The third kappa shape index (κ3) is 4.73. The smallest absolute Gasteiger partial charge is 0.331 e. The summed E-state index contributed by atoms with van der Waals surface area (Å²) < 4.78 is 5.16. The van der Waals surface area contributed by atoms with E-state index in [0.717, 1.165) is 25.1 Å². The molecule has 1 amide bonds. The Bertz CT molecular complexity index is 531. The highest BCUT2D eigenvalue weighted by molar-refractivity contribution is 5.89. The first-order valence-electron chi connectivity index (χ1n) is 7.52. The zero-order valence-electron chi connectivity index (χ0n) is 13.2. The van der Waals surface area contributed by atoms with Gasteiger partial charge in [0.05, 0.1) is 12.2 Å². The van der Waals surface area contributed by atoms with E-state index in [4.69, 9.17) is 4.74 Å². The molecule has 2 rings (SSSR count). The molecule has 0 aliphatic carbocycles. The van der Waals surface area contributed by atoms with Crippen molar-refractivity contribution in [2.24, 2.45) is 0 Å². The molecule has 0 radical (unpaired) electrons. The molecule has 1 heterocycles. The third-order valence-electron chi connectivity index (χ3n) is 3.44. The molecule has 0 unspecified atom stereocenters. The SMILES string of the molecule is CN(C)CCCCNC(=O)CN1CC(=O)Oc2ccccc21. The maximum atomic E-state index is 12.0. The van der Waals surface area contributed by atoms with Crippen LogP contribution in [0.25, 0.3) is 0 Å². The largest absolute Gasteiger partial charge is 0.423 e. The Morgan fingerprint density at radius 3 is 2.86 bits per heavy atom. The summed E-state index contributed by atoms with van der Waals surface area (Å²) in [6.45, 7) is 1.94. The molecule has 0 saturated carbocycles. The molecular weight excluding hydrogens is 282 g/mol. The number of rotatable bonds is 7. The van der Waals surface area contributed by atoms with Gasteiger partial charge in [0.25, 0.3) is 0 Å². The van der Waals surface area contributed by atoms with Gasteiger partial charge >= 0.3 is 5.97 Å². The van der Waals surface area contributed by atoms with Crippen LogP contribution in [0.4, 0.5) is 5.69 Å². The zero-order valence-corrected chi connectivity index (χ0v) is 13.2. The van der Waals surface area contributed by atoms with Gasteiger partial charge in [-0.1, -0.05) is 12.1 Å². The van der Waals surface area contributed by atoms with Crippen LogP contribution in [0, 0.1) is 0 Å². The Kier molecular flexibility index (Phi) is 5.77. The van der Waals surface area contributed by atoms with Gasteiger partial charge in [0, 0.05) is 6.54 Å². The first-order valence-corrected chi connectivity index (χ1v) is 7.52. The number of carbonyl (C=O) groups is 2. The summed E-state index contributed by atoms with van der Waals surface area (Å²) in [5.41, 5.74) is 0.782. The lowest BCUT2D eigenvalue weighted by molar-refractivity contribution is -0.133. The number of benzene rings is 1. The second-order valence-electron chi connectivity index (χ2n) is 5.66. The molecule has 6 nitrogen and oxygen atoms in total. The van der Waals surface area contributed by atoms with Gasteiger partial charge in [-0.3, -0.25) is 4.79 Å². The molecule has 1 aliphatic rings. The molecule has 0 aromatic heterocycles. The van der Waals surface area contributed by atoms with Gasteiger partial charge in [-0.2, -0.15) is 0 Å². The van der Waals surface area contributed by atoms with Crippen LogP contribution in [0.5, 0.6) is 5.75 Å². The fraction of sp³-hybridized carbons (Fsp3) is 0.500. The van der Waals surface area contributed by atoms with E-state index in [1.54, 1.807) is 17.0 Å². The van der Waals surface area contributed by atoms with E-state index < -0.39 is 0 Å². The number of carbonyl (C=O) groups excluding carboxylic acids is 2. The minimum atomic E-state index is -0.336. The normalized spacial score (nSPS) is 13.8. The Hall–Kier alpha value is -2.08. The molecule has 0 atom stereocenters. The molecule has 1 N–H and O–H groups in total. The van der Waals surface area contributed by atoms with Gasteiger partial charge < -0.3 is 19.9 Å². The first-order chi connectivity index (χ1) is 10.6. The van der Waals surface area contributed by atoms with E-state index in [1.165, 1.54) is 0 Å². The lowest BCUT2D eigenvalue weighted by atomic mass is 10.2. The quantitative estimate of drug-likeness (QED) is 0.460. The van der Waals surface area contributed by atoms with Crippen LogP contribution in [0.2, 0.25) is 0 Å². The number of para-hydroxylation sites is 2. The molecule has 1 aromatic rings. The van der Waals surface area contributed by atoms with Crippen molar-refractivity contribution in [1.29, 1.82) is 0 Å². The standard InChI is InChI=1S/C16H23N3O3/c1-18(2)10-6-5-9-17-15(20)11-19-12-16(21)22-14-8-4-3-7-13(14)19/h3-4,7-8H,5-6,9-12H2,1-2H3,(H,17,20). The number of hydrogen-bond donors (Lipinski definition) is 1. The van der Waals surface area contributed by atoms with E-state index in [0.29, 0.717) is 12.3 Å². The van der Waals surface area contributed by atoms with Crippen LogP contribution in [-0.2, 0) is 9.59 Å². The maximum absolute atomic E-state index is 12.0. The van der Waals surface area contributed by atoms with E-state index in [2.05, 4.69) is 10.2 Å². The van der Waals surface area contributed by atoms with Crippen LogP contribution in [0.15, 0.2) is 24.3 Å². The predicted octanol–water partition coefficient (Wildman–Crippen LogP) is 0.870. The molecule has 6 heteroatoms. The topological polar surface area (TPSA) is 61.9 Å². The predicted molar refractivity (Wildman–Crippen MR) is 85.1 cm³/mol. The second-order valence-corrected chi connectivity index (χ2v) is 5.66. The van der Waals surface area contributed by atoms with Gasteiger partial charge in [-0.05, 0) is 45.6 Å². The highest BCUT2D eigenvalue weighted by Gasteiger charge is 2.24. The Balaban J connectivity index is 1.80. The molecule has 0 bridgehead atoms. The van der Waals surface area contributed by atoms with Crippen molar-refractivity contribution in [3.05, 3.63) is 24.3 Å². The molecule has 0 spiro atoms. The van der Waals surface area contributed by atoms with E-state index in [-0.39, 0.29) is 25.0 Å². The van der Waals surface area contributed by atoms with Crippen LogP contribution >= 0.6 is 0 Å². The number of unbranched alkanes of at least 4 members (excludes halogenated alkanes) is 1. The monoisotopic (exact) mass is 305 g/mol. The zero-order chi connectivity index (χ0) is 15.9. The summed E-state index contributed by atoms with van der Waals surface area (Å²) in [6.07, 6.45) is 1.99. The summed E-state index contributed by atoms with van der Waals surface area (Å²) in [7, 11) is 4.07. The highest BCUT2D eigenvalue weighted by atomic mass is 16.5. The van der Waals surface area contributed by atoms with Crippen molar-refractivity contribution in [3.8, 4) is 5.75 Å². The summed E-state index contributed by atoms with van der Waals surface area (Å²) in [5, 5.41) is 2.90. The summed E-state index contributed by atoms with van der Waals surface area (Å²) in [6, 6.07) is 7.26. The Labute approximate surface area is 131 Å². The molecule has 22 heavy (non-hydrogen) atoms. The molecule has 0 saturated heterocycles. The van der Waals surface area contributed by atoms with Crippen LogP contribution in [0.1, 0.15) is 12.8 Å². The minimum absolute atomic E-state index is 0.0747. The van der Waals surface area contributed by atoms with E-state index in [9.17, 15) is 9.59 Å². The van der Waals surface area contributed by atoms with Crippen molar-refractivity contribution in [1.82, 2.24) is 10.2 Å². The fourth-order valence-electron chi connectivity index (χ4n) is 2.35. The minimum Gasteiger partial charge on any atom is -0.423 e. The van der Waals surface area contributed by atoms with Crippen LogP contribution < -0.4 is 15.0 Å². The summed E-state index contributed by atoms with van der Waals surface area (Å²) in [5.74, 6) is 0.101. The number of nitrogens with zero attached hydrogens (tertiary/aromatic N) is 2. The lowest BCUT2D eigenvalue weighted by Crippen LogP contribution is -2.43. The number of amides is 1. The van der Waals surface area contributed by atoms with Gasteiger partial charge in [-0.15, -0.1) is 0 Å². The average Bonchev–Trinajstić information content (AvgIpc) is 2.46. The number of anilines is 1. The average molecular weight is 305 g/mol. The third-order valence-corrected chi connectivity index (χ3v) is 3.44. The molecule has 120 valence electrons. The van der Waals surface area contributed by atoms with Gasteiger partial charge in [0.1, 0.15) is 6.54 Å². The van der Waals surface area contributed by atoms with Gasteiger partial charge in [-0.25, -0.2) is 4.79 Å². The summed E-state index contributed by atoms with van der Waals surface area (Å²) in [4.78, 5) is 27.5. The van der Waals surface area contributed by atoms with Crippen LogP contribution in [0.3, 0.4) is 0 Å². The van der Waals surface area contributed by atoms with Crippen molar-refractivity contribution in [2.75, 3.05) is 45.2 Å². The Morgan fingerprint density at radius 1 is 1.32 bits per heavy atom. The number of nitrogens with one attached hydrogen (secondary N) is 1. The summed E-state index contributed by atoms with van der Waals surface area (Å²) >= 11 is 0. The molecular formula is C16H23N3O3. The van der Waals surface area contributed by atoms with Crippen molar-refractivity contribution in [3.63, 3.8) is 0 Å². The maximum Gasteiger partial charge on any atom is 0.331 e. The van der Waals surface area contributed by atoms with Gasteiger partial charge in [0.2, 0.25) is 5.91 Å². The highest BCUT2D eigenvalue weighted by Crippen LogP contribution is 2.30. The lowest BCUT2D eigenvalue weighted by Gasteiger charge is -2.29. The van der Waals surface area contributed by atoms with Crippen molar-refractivity contribution in [2.45, 2.75) is 12.8 Å². The van der Waals surface area contributed by atoms with E-state index in [1.807, 2.05) is 26.2 Å². The van der Waals surface area contributed by atoms with Crippen LogP contribution in [-0.4, -0.2) is 57.1 Å². The van der Waals surface area contributed by atoms with Crippen molar-refractivity contribution < 1.29 is 14.3 Å². The number of hydrogen-bond acceptors (Lipinski definition) is 5. The fourth-order valence-corrected chi connectivity index (χ4v) is 2.35.